The summed E-state index contributed by atoms with van der Waals surface area (Å²) in [7, 11) is 2.06. The van der Waals surface area contributed by atoms with Crippen LogP contribution in [0.3, 0.4) is 0 Å². The van der Waals surface area contributed by atoms with Crippen LogP contribution in [-0.2, 0) is 11.2 Å². The highest BCUT2D eigenvalue weighted by molar-refractivity contribution is 5.89. The standard InChI is InChI=1S/C21H28N6O3/c1-25-12-14-26(15-13-25)19(28)10-9-18-23-20(24-30-18)17-8-5-11-27(17)21(29)22-16-6-3-2-4-7-16/h2-4,6-7,17H,5,8-15H2,1H3,(H,22,29). The van der Waals surface area contributed by atoms with Gasteiger partial charge >= 0.3 is 6.03 Å². The Morgan fingerprint density at radius 3 is 2.67 bits per heavy atom. The van der Waals surface area contributed by atoms with E-state index < -0.39 is 0 Å². The molecule has 3 amide bonds. The average molecular weight is 412 g/mol. The first-order valence-corrected chi connectivity index (χ1v) is 10.5. The van der Waals surface area contributed by atoms with Crippen molar-refractivity contribution in [1.29, 1.82) is 0 Å². The maximum atomic E-state index is 12.7. The maximum absolute atomic E-state index is 12.7. The molecule has 2 fully saturated rings. The molecule has 0 bridgehead atoms. The molecule has 2 aliphatic rings. The van der Waals surface area contributed by atoms with E-state index in [1.54, 1.807) is 4.90 Å². The van der Waals surface area contributed by atoms with Crippen LogP contribution in [0.2, 0.25) is 0 Å². The van der Waals surface area contributed by atoms with Gasteiger partial charge in [0.15, 0.2) is 5.82 Å². The molecular formula is C21H28N6O3. The van der Waals surface area contributed by atoms with Gasteiger partial charge in [-0.25, -0.2) is 4.79 Å². The molecule has 160 valence electrons. The van der Waals surface area contributed by atoms with Gasteiger partial charge in [0.2, 0.25) is 11.8 Å². The number of carbonyl (C=O) groups is 2. The van der Waals surface area contributed by atoms with E-state index in [9.17, 15) is 9.59 Å². The van der Waals surface area contributed by atoms with Gasteiger partial charge in [-0.05, 0) is 32.0 Å². The lowest BCUT2D eigenvalue weighted by atomic mass is 10.2. The molecule has 1 aromatic carbocycles. The molecule has 3 heterocycles. The Bertz CT molecular complexity index is 863. The highest BCUT2D eigenvalue weighted by atomic mass is 16.5. The lowest BCUT2D eigenvalue weighted by molar-refractivity contribution is -0.132. The molecule has 0 radical (unpaired) electrons. The van der Waals surface area contributed by atoms with Gasteiger partial charge in [0, 0.05) is 51.3 Å². The minimum Gasteiger partial charge on any atom is -0.340 e. The van der Waals surface area contributed by atoms with E-state index in [1.807, 2.05) is 35.2 Å². The second-order valence-corrected chi connectivity index (χ2v) is 7.88. The van der Waals surface area contributed by atoms with Crippen LogP contribution in [0.25, 0.3) is 0 Å². The van der Waals surface area contributed by atoms with Gasteiger partial charge in [-0.1, -0.05) is 23.4 Å². The molecule has 2 aromatic rings. The van der Waals surface area contributed by atoms with Crippen molar-refractivity contribution in [3.63, 3.8) is 0 Å². The zero-order chi connectivity index (χ0) is 20.9. The van der Waals surface area contributed by atoms with Gasteiger partial charge in [-0.3, -0.25) is 4.79 Å². The fraction of sp³-hybridized carbons (Fsp3) is 0.524. The molecule has 2 saturated heterocycles. The first kappa shape index (κ1) is 20.3. The van der Waals surface area contributed by atoms with E-state index in [1.165, 1.54) is 0 Å². The Morgan fingerprint density at radius 1 is 1.13 bits per heavy atom. The molecule has 0 saturated carbocycles. The van der Waals surface area contributed by atoms with Gasteiger partial charge in [-0.2, -0.15) is 4.98 Å². The summed E-state index contributed by atoms with van der Waals surface area (Å²) in [5.74, 6) is 1.08. The van der Waals surface area contributed by atoms with E-state index in [0.717, 1.165) is 44.7 Å². The first-order chi connectivity index (χ1) is 14.6. The predicted molar refractivity (Wildman–Crippen MR) is 111 cm³/mol. The van der Waals surface area contributed by atoms with Gasteiger partial charge in [0.25, 0.3) is 0 Å². The number of nitrogens with one attached hydrogen (secondary N) is 1. The van der Waals surface area contributed by atoms with Crippen LogP contribution in [0, 0.1) is 0 Å². The SMILES string of the molecule is CN1CCN(C(=O)CCc2nc(C3CCCN3C(=O)Nc3ccccc3)no2)CC1. The number of rotatable bonds is 5. The number of aryl methyl sites for hydroxylation is 1. The Morgan fingerprint density at radius 2 is 1.90 bits per heavy atom. The van der Waals surface area contributed by atoms with E-state index in [2.05, 4.69) is 27.4 Å². The molecule has 0 spiro atoms. The van der Waals surface area contributed by atoms with Crippen LogP contribution in [0.5, 0.6) is 0 Å². The first-order valence-electron chi connectivity index (χ1n) is 10.5. The molecule has 9 heteroatoms. The van der Waals surface area contributed by atoms with Crippen molar-refractivity contribution >= 4 is 17.6 Å². The molecule has 1 unspecified atom stereocenters. The normalized spacial score (nSPS) is 19.8. The highest BCUT2D eigenvalue weighted by Crippen LogP contribution is 2.30. The number of hydrogen-bond acceptors (Lipinski definition) is 6. The van der Waals surface area contributed by atoms with Crippen molar-refractivity contribution < 1.29 is 14.1 Å². The molecular weight excluding hydrogens is 384 g/mol. The van der Waals surface area contributed by atoms with Crippen molar-refractivity contribution in [1.82, 2.24) is 24.8 Å². The molecule has 1 atom stereocenters. The summed E-state index contributed by atoms with van der Waals surface area (Å²) in [6.45, 7) is 3.98. The van der Waals surface area contributed by atoms with Crippen LogP contribution in [-0.4, -0.2) is 76.6 Å². The Labute approximate surface area is 176 Å². The number of amides is 3. The smallest absolute Gasteiger partial charge is 0.322 e. The number of carbonyl (C=O) groups excluding carboxylic acids is 2. The molecule has 4 rings (SSSR count). The van der Waals surface area contributed by atoms with E-state index in [0.29, 0.717) is 31.1 Å². The molecule has 2 aliphatic heterocycles. The summed E-state index contributed by atoms with van der Waals surface area (Å²) in [4.78, 5) is 35.4. The van der Waals surface area contributed by atoms with Crippen molar-refractivity contribution in [3.05, 3.63) is 42.0 Å². The number of para-hydroxylation sites is 1. The van der Waals surface area contributed by atoms with E-state index in [4.69, 9.17) is 4.52 Å². The summed E-state index contributed by atoms with van der Waals surface area (Å²) < 4.78 is 5.38. The lowest BCUT2D eigenvalue weighted by Gasteiger charge is -2.32. The largest absolute Gasteiger partial charge is 0.340 e. The number of likely N-dealkylation sites (tertiary alicyclic amines) is 1. The quantitative estimate of drug-likeness (QED) is 0.809. The minimum atomic E-state index is -0.209. The molecule has 30 heavy (non-hydrogen) atoms. The van der Waals surface area contributed by atoms with Crippen LogP contribution in [0.1, 0.15) is 37.0 Å². The Hall–Kier alpha value is -2.94. The van der Waals surface area contributed by atoms with Crippen LogP contribution in [0.15, 0.2) is 34.9 Å². The lowest BCUT2D eigenvalue weighted by Crippen LogP contribution is -2.47. The second-order valence-electron chi connectivity index (χ2n) is 7.88. The molecule has 1 aromatic heterocycles. The summed E-state index contributed by atoms with van der Waals surface area (Å²) in [5, 5.41) is 7.02. The average Bonchev–Trinajstić information content (AvgIpc) is 3.42. The van der Waals surface area contributed by atoms with Gasteiger partial charge in [-0.15, -0.1) is 0 Å². The van der Waals surface area contributed by atoms with Crippen molar-refractivity contribution in [3.8, 4) is 0 Å². The summed E-state index contributed by atoms with van der Waals surface area (Å²) in [5.41, 5.74) is 0.754. The minimum absolute atomic E-state index is 0.118. The number of likely N-dealkylation sites (N-methyl/N-ethyl adjacent to an activating group) is 1. The fourth-order valence-corrected chi connectivity index (χ4v) is 3.93. The third-order valence-corrected chi connectivity index (χ3v) is 5.73. The molecule has 0 aliphatic carbocycles. The number of urea groups is 1. The van der Waals surface area contributed by atoms with Gasteiger partial charge in [0.05, 0.1) is 6.04 Å². The number of hydrogen-bond donors (Lipinski definition) is 1. The Kier molecular flexibility index (Phi) is 6.27. The van der Waals surface area contributed by atoms with Crippen LogP contribution in [0.4, 0.5) is 10.5 Å². The summed E-state index contributed by atoms with van der Waals surface area (Å²) >= 11 is 0. The zero-order valence-electron chi connectivity index (χ0n) is 17.3. The number of anilines is 1. The summed E-state index contributed by atoms with van der Waals surface area (Å²) in [6, 6.07) is 9.00. The van der Waals surface area contributed by atoms with Gasteiger partial charge in [0.1, 0.15) is 0 Å². The maximum Gasteiger partial charge on any atom is 0.322 e. The topological polar surface area (TPSA) is 94.8 Å². The predicted octanol–water partition coefficient (Wildman–Crippen LogP) is 2.15. The van der Waals surface area contributed by atoms with Crippen molar-refractivity contribution in [2.45, 2.75) is 31.7 Å². The third kappa shape index (κ3) is 4.79. The van der Waals surface area contributed by atoms with E-state index in [-0.39, 0.29) is 18.0 Å². The number of nitrogens with zero attached hydrogens (tertiary/aromatic N) is 5. The Balaban J connectivity index is 1.32. The summed E-state index contributed by atoms with van der Waals surface area (Å²) in [6.07, 6.45) is 2.45. The molecule has 1 N–H and O–H groups in total. The van der Waals surface area contributed by atoms with Crippen molar-refractivity contribution in [2.24, 2.45) is 0 Å². The van der Waals surface area contributed by atoms with Gasteiger partial charge < -0.3 is 24.5 Å². The second kappa shape index (κ2) is 9.25. The zero-order valence-corrected chi connectivity index (χ0v) is 17.3. The third-order valence-electron chi connectivity index (χ3n) is 5.73. The number of piperazine rings is 1. The van der Waals surface area contributed by atoms with Crippen molar-refractivity contribution in [2.75, 3.05) is 45.1 Å². The van der Waals surface area contributed by atoms with Crippen LogP contribution < -0.4 is 5.32 Å². The van der Waals surface area contributed by atoms with Crippen LogP contribution >= 0.6 is 0 Å². The number of benzene rings is 1. The highest BCUT2D eigenvalue weighted by Gasteiger charge is 2.33. The monoisotopic (exact) mass is 412 g/mol. The number of aromatic nitrogens is 2. The molecule has 9 nitrogen and oxygen atoms in total. The van der Waals surface area contributed by atoms with E-state index >= 15 is 0 Å². The fourth-order valence-electron chi connectivity index (χ4n) is 3.93.